The molecule has 2 heterocycles. The van der Waals surface area contributed by atoms with Gasteiger partial charge >= 0.3 is 0 Å². The molecular formula is C17H30IN3O. The van der Waals surface area contributed by atoms with Crippen molar-refractivity contribution < 1.29 is 4.74 Å². The van der Waals surface area contributed by atoms with Gasteiger partial charge < -0.3 is 15.0 Å². The molecule has 2 aliphatic heterocycles. The van der Waals surface area contributed by atoms with Crippen LogP contribution in [0.25, 0.3) is 0 Å². The molecule has 0 aromatic carbocycles. The number of aliphatic imine (C=N–C) groups is 1. The number of nitrogens with one attached hydrogen (secondary N) is 1. The normalized spacial score (nSPS) is 28.1. The summed E-state index contributed by atoms with van der Waals surface area (Å²) in [5.41, 5.74) is 2.01. The predicted molar refractivity (Wildman–Crippen MR) is 102 cm³/mol. The Morgan fingerprint density at radius 2 is 2.36 bits per heavy atom. The molecule has 126 valence electrons. The number of halogens is 1. The Labute approximate surface area is 151 Å². The lowest BCUT2D eigenvalue weighted by Gasteiger charge is -2.25. The van der Waals surface area contributed by atoms with E-state index in [2.05, 4.69) is 23.2 Å². The molecule has 5 heteroatoms. The summed E-state index contributed by atoms with van der Waals surface area (Å²) in [6.45, 7) is 8.14. The minimum absolute atomic E-state index is 0. The monoisotopic (exact) mass is 419 g/mol. The molecule has 4 nitrogen and oxygen atoms in total. The van der Waals surface area contributed by atoms with Gasteiger partial charge in [-0.3, -0.25) is 4.99 Å². The quantitative estimate of drug-likeness (QED) is 0.329. The Kier molecular flexibility index (Phi) is 6.99. The van der Waals surface area contributed by atoms with Gasteiger partial charge in [-0.2, -0.15) is 0 Å². The van der Waals surface area contributed by atoms with Crippen LogP contribution in [0.2, 0.25) is 0 Å². The molecule has 2 saturated heterocycles. The summed E-state index contributed by atoms with van der Waals surface area (Å²) in [7, 11) is 0. The van der Waals surface area contributed by atoms with E-state index >= 15 is 0 Å². The van der Waals surface area contributed by atoms with Crippen LogP contribution in [0.1, 0.15) is 45.4 Å². The molecule has 3 rings (SSSR count). The number of rotatable bonds is 4. The van der Waals surface area contributed by atoms with Crippen molar-refractivity contribution in [3.8, 4) is 0 Å². The first-order valence-electron chi connectivity index (χ1n) is 8.60. The minimum atomic E-state index is 0. The van der Waals surface area contributed by atoms with Crippen LogP contribution >= 0.6 is 24.0 Å². The largest absolute Gasteiger partial charge is 0.381 e. The van der Waals surface area contributed by atoms with Gasteiger partial charge in [-0.15, -0.1) is 24.0 Å². The minimum Gasteiger partial charge on any atom is -0.381 e. The summed E-state index contributed by atoms with van der Waals surface area (Å²) in [4.78, 5) is 7.31. The average molecular weight is 419 g/mol. The zero-order chi connectivity index (χ0) is 14.5. The smallest absolute Gasteiger partial charge is 0.193 e. The molecule has 3 aliphatic rings. The summed E-state index contributed by atoms with van der Waals surface area (Å²) in [6.07, 6.45) is 9.91. The van der Waals surface area contributed by atoms with Gasteiger partial charge in [0.05, 0.1) is 6.61 Å². The first-order valence-corrected chi connectivity index (χ1v) is 8.60. The number of likely N-dealkylation sites (tertiary alicyclic amines) is 1. The number of hydrogen-bond acceptors (Lipinski definition) is 2. The fraction of sp³-hybridized carbons (Fsp3) is 0.824. The van der Waals surface area contributed by atoms with Gasteiger partial charge in [-0.1, -0.05) is 11.6 Å². The molecule has 1 unspecified atom stereocenters. The van der Waals surface area contributed by atoms with Gasteiger partial charge in [-0.05, 0) is 45.4 Å². The molecule has 1 N–H and O–H groups in total. The van der Waals surface area contributed by atoms with E-state index in [0.29, 0.717) is 5.41 Å². The summed E-state index contributed by atoms with van der Waals surface area (Å²) in [6, 6.07) is 0. The Balaban J connectivity index is 0.00000176. The highest BCUT2D eigenvalue weighted by molar-refractivity contribution is 14.0. The molecule has 1 spiro atoms. The van der Waals surface area contributed by atoms with E-state index in [-0.39, 0.29) is 24.0 Å². The van der Waals surface area contributed by atoms with Crippen molar-refractivity contribution in [2.45, 2.75) is 45.4 Å². The molecule has 0 amide bonds. The number of ether oxygens (including phenoxy) is 1. The lowest BCUT2D eigenvalue weighted by Crippen LogP contribution is -2.41. The van der Waals surface area contributed by atoms with Gasteiger partial charge in [-0.25, -0.2) is 0 Å². The van der Waals surface area contributed by atoms with Crippen molar-refractivity contribution in [1.82, 2.24) is 10.2 Å². The fourth-order valence-corrected chi connectivity index (χ4v) is 3.78. The second kappa shape index (κ2) is 8.52. The Hall–Kier alpha value is -0.300. The summed E-state index contributed by atoms with van der Waals surface area (Å²) < 4.78 is 5.62. The third-order valence-corrected chi connectivity index (χ3v) is 5.09. The van der Waals surface area contributed by atoms with Gasteiger partial charge in [0, 0.05) is 38.2 Å². The van der Waals surface area contributed by atoms with Crippen LogP contribution in [0.4, 0.5) is 0 Å². The predicted octanol–water partition coefficient (Wildman–Crippen LogP) is 3.18. The maximum absolute atomic E-state index is 5.62. The van der Waals surface area contributed by atoms with Crippen LogP contribution in [-0.4, -0.2) is 50.3 Å². The topological polar surface area (TPSA) is 36.9 Å². The van der Waals surface area contributed by atoms with Crippen molar-refractivity contribution >= 4 is 29.9 Å². The van der Waals surface area contributed by atoms with Crippen molar-refractivity contribution in [1.29, 1.82) is 0 Å². The SMILES string of the molecule is CCNC(=NCCC1=CCCC1)N1CCC2(CCOC2)C1.I. The molecule has 0 saturated carbocycles. The molecule has 1 atom stereocenters. The van der Waals surface area contributed by atoms with Crippen LogP contribution in [0.5, 0.6) is 0 Å². The molecule has 0 aromatic heterocycles. The molecule has 0 aromatic rings. The van der Waals surface area contributed by atoms with Crippen LogP contribution in [-0.2, 0) is 4.74 Å². The van der Waals surface area contributed by atoms with Crippen molar-refractivity contribution in [2.24, 2.45) is 10.4 Å². The zero-order valence-corrected chi connectivity index (χ0v) is 16.1. The first-order chi connectivity index (χ1) is 10.3. The van der Waals surface area contributed by atoms with E-state index in [1.165, 1.54) is 32.1 Å². The lowest BCUT2D eigenvalue weighted by molar-refractivity contribution is 0.156. The highest BCUT2D eigenvalue weighted by Crippen LogP contribution is 2.38. The summed E-state index contributed by atoms with van der Waals surface area (Å²) in [5, 5.41) is 3.47. The second-order valence-electron chi connectivity index (χ2n) is 6.71. The maximum Gasteiger partial charge on any atom is 0.193 e. The van der Waals surface area contributed by atoms with Crippen LogP contribution in [0, 0.1) is 5.41 Å². The number of guanidine groups is 1. The zero-order valence-electron chi connectivity index (χ0n) is 13.8. The molecule has 0 radical (unpaired) electrons. The van der Waals surface area contributed by atoms with Crippen LogP contribution in [0.3, 0.4) is 0 Å². The Morgan fingerprint density at radius 3 is 3.05 bits per heavy atom. The number of nitrogens with zero attached hydrogens (tertiary/aromatic N) is 2. The van der Waals surface area contributed by atoms with Crippen LogP contribution in [0.15, 0.2) is 16.6 Å². The lowest BCUT2D eigenvalue weighted by atomic mass is 9.87. The maximum atomic E-state index is 5.62. The molecule has 1 aliphatic carbocycles. The van der Waals surface area contributed by atoms with Gasteiger partial charge in [0.25, 0.3) is 0 Å². The number of allylic oxidation sites excluding steroid dienone is 1. The van der Waals surface area contributed by atoms with Crippen molar-refractivity contribution in [2.75, 3.05) is 39.4 Å². The Bertz CT molecular complexity index is 416. The highest BCUT2D eigenvalue weighted by atomic mass is 127. The molecule has 0 bridgehead atoms. The Morgan fingerprint density at radius 1 is 1.45 bits per heavy atom. The third kappa shape index (κ3) is 4.37. The molecular weight excluding hydrogens is 389 g/mol. The van der Waals surface area contributed by atoms with E-state index in [1.54, 1.807) is 5.57 Å². The van der Waals surface area contributed by atoms with Gasteiger partial charge in [0.2, 0.25) is 0 Å². The second-order valence-corrected chi connectivity index (χ2v) is 6.71. The summed E-state index contributed by atoms with van der Waals surface area (Å²) in [5.74, 6) is 1.11. The molecule has 22 heavy (non-hydrogen) atoms. The van der Waals surface area contributed by atoms with E-state index in [0.717, 1.165) is 51.8 Å². The summed E-state index contributed by atoms with van der Waals surface area (Å²) >= 11 is 0. The van der Waals surface area contributed by atoms with E-state index < -0.39 is 0 Å². The van der Waals surface area contributed by atoms with E-state index in [1.807, 2.05) is 0 Å². The van der Waals surface area contributed by atoms with Gasteiger partial charge in [0.1, 0.15) is 0 Å². The first kappa shape index (κ1) is 18.0. The standard InChI is InChI=1S/C17H29N3O.HI/c1-2-18-16(19-10-7-15-5-3-4-6-15)20-11-8-17(13-20)9-12-21-14-17;/h5H,2-4,6-14H2,1H3,(H,18,19);1H. The van der Waals surface area contributed by atoms with Gasteiger partial charge in [0.15, 0.2) is 5.96 Å². The van der Waals surface area contributed by atoms with E-state index in [4.69, 9.17) is 9.73 Å². The number of hydrogen-bond donors (Lipinski definition) is 1. The molecule has 2 fully saturated rings. The van der Waals surface area contributed by atoms with Crippen LogP contribution < -0.4 is 5.32 Å². The van der Waals surface area contributed by atoms with E-state index in [9.17, 15) is 0 Å². The average Bonchev–Trinajstić information content (AvgIpc) is 3.22. The fourth-order valence-electron chi connectivity index (χ4n) is 3.78. The third-order valence-electron chi connectivity index (χ3n) is 5.09. The highest BCUT2D eigenvalue weighted by Gasteiger charge is 2.42. The van der Waals surface area contributed by atoms with Crippen molar-refractivity contribution in [3.05, 3.63) is 11.6 Å². The van der Waals surface area contributed by atoms with Crippen molar-refractivity contribution in [3.63, 3.8) is 0 Å².